The highest BCUT2D eigenvalue weighted by Crippen LogP contribution is 2.25. The molecule has 0 saturated heterocycles. The van der Waals surface area contributed by atoms with E-state index in [0.717, 1.165) is 16.9 Å². The highest BCUT2D eigenvalue weighted by molar-refractivity contribution is 6.30. The van der Waals surface area contributed by atoms with Crippen LogP contribution in [0.15, 0.2) is 48.5 Å². The van der Waals surface area contributed by atoms with Gasteiger partial charge in [-0.25, -0.2) is 0 Å². The van der Waals surface area contributed by atoms with Crippen LogP contribution in [0.3, 0.4) is 0 Å². The molecule has 0 aliphatic heterocycles. The molecule has 0 radical (unpaired) electrons. The Bertz CT molecular complexity index is 494. The third kappa shape index (κ3) is 2.78. The van der Waals surface area contributed by atoms with Crippen LogP contribution in [0.4, 0.5) is 0 Å². The molecule has 2 aromatic carbocycles. The number of aliphatic hydroxyl groups is 1. The normalized spacial score (nSPS) is 12.2. The van der Waals surface area contributed by atoms with Crippen molar-refractivity contribution in [3.05, 3.63) is 64.7 Å². The van der Waals surface area contributed by atoms with Crippen LogP contribution in [-0.2, 0) is 0 Å². The number of benzene rings is 2. The zero-order chi connectivity index (χ0) is 12.3. The second-order valence-electron chi connectivity index (χ2n) is 3.73. The summed E-state index contributed by atoms with van der Waals surface area (Å²) in [6.45, 7) is 0. The summed E-state index contributed by atoms with van der Waals surface area (Å²) >= 11 is 5.89. The molecular formula is C14H13ClO2. The van der Waals surface area contributed by atoms with E-state index < -0.39 is 6.10 Å². The van der Waals surface area contributed by atoms with Crippen LogP contribution >= 0.6 is 11.6 Å². The van der Waals surface area contributed by atoms with Crippen molar-refractivity contribution < 1.29 is 9.84 Å². The van der Waals surface area contributed by atoms with Crippen molar-refractivity contribution in [1.29, 1.82) is 0 Å². The van der Waals surface area contributed by atoms with Crippen LogP contribution in [0.5, 0.6) is 5.75 Å². The van der Waals surface area contributed by atoms with Gasteiger partial charge in [-0.2, -0.15) is 0 Å². The van der Waals surface area contributed by atoms with Crippen LogP contribution in [0.2, 0.25) is 5.02 Å². The number of methoxy groups -OCH3 is 1. The minimum absolute atomic E-state index is 0.620. The van der Waals surface area contributed by atoms with Crippen molar-refractivity contribution in [3.8, 4) is 5.75 Å². The molecule has 0 spiro atoms. The van der Waals surface area contributed by atoms with Gasteiger partial charge in [0.05, 0.1) is 7.11 Å². The fraction of sp³-hybridized carbons (Fsp3) is 0.143. The number of rotatable bonds is 3. The monoisotopic (exact) mass is 248 g/mol. The zero-order valence-corrected chi connectivity index (χ0v) is 10.2. The molecule has 1 atom stereocenters. The second kappa shape index (κ2) is 5.21. The van der Waals surface area contributed by atoms with Gasteiger partial charge in [-0.15, -0.1) is 0 Å². The molecule has 0 aliphatic carbocycles. The van der Waals surface area contributed by atoms with Crippen molar-refractivity contribution in [2.24, 2.45) is 0 Å². The second-order valence-corrected chi connectivity index (χ2v) is 4.17. The molecule has 2 nitrogen and oxygen atoms in total. The maximum Gasteiger partial charge on any atom is 0.118 e. The first-order valence-corrected chi connectivity index (χ1v) is 5.66. The van der Waals surface area contributed by atoms with Crippen LogP contribution in [-0.4, -0.2) is 12.2 Å². The third-order valence-corrected chi connectivity index (χ3v) is 2.83. The average molecular weight is 249 g/mol. The van der Waals surface area contributed by atoms with E-state index in [4.69, 9.17) is 16.3 Å². The smallest absolute Gasteiger partial charge is 0.118 e. The number of aliphatic hydroxyl groups excluding tert-OH is 1. The van der Waals surface area contributed by atoms with Gasteiger partial charge in [0.25, 0.3) is 0 Å². The summed E-state index contributed by atoms with van der Waals surface area (Å²) in [5, 5.41) is 10.8. The van der Waals surface area contributed by atoms with E-state index in [0.29, 0.717) is 5.02 Å². The van der Waals surface area contributed by atoms with E-state index in [1.54, 1.807) is 19.2 Å². The van der Waals surface area contributed by atoms with Gasteiger partial charge in [-0.3, -0.25) is 0 Å². The predicted molar refractivity (Wildman–Crippen MR) is 68.5 cm³/mol. The molecule has 3 heteroatoms. The molecule has 0 heterocycles. The fourth-order valence-electron chi connectivity index (χ4n) is 1.66. The quantitative estimate of drug-likeness (QED) is 0.902. The van der Waals surface area contributed by atoms with Gasteiger partial charge in [-0.1, -0.05) is 35.9 Å². The first-order chi connectivity index (χ1) is 8.20. The summed E-state index contributed by atoms with van der Waals surface area (Å²) in [5.74, 6) is 0.770. The SMILES string of the molecule is COc1ccc(C(O)c2cccc(Cl)c2)cc1. The van der Waals surface area contributed by atoms with E-state index >= 15 is 0 Å². The number of hydrogen-bond acceptors (Lipinski definition) is 2. The number of halogens is 1. The van der Waals surface area contributed by atoms with E-state index in [-0.39, 0.29) is 0 Å². The molecule has 2 rings (SSSR count). The number of hydrogen-bond donors (Lipinski definition) is 1. The van der Waals surface area contributed by atoms with Gasteiger partial charge >= 0.3 is 0 Å². The zero-order valence-electron chi connectivity index (χ0n) is 9.43. The summed E-state index contributed by atoms with van der Waals surface area (Å²) in [5.41, 5.74) is 1.59. The van der Waals surface area contributed by atoms with Gasteiger partial charge in [0.1, 0.15) is 11.9 Å². The average Bonchev–Trinajstić information content (AvgIpc) is 2.38. The molecule has 0 aliphatic rings. The predicted octanol–water partition coefficient (Wildman–Crippen LogP) is 3.43. The summed E-state index contributed by atoms with van der Waals surface area (Å²) < 4.78 is 5.07. The van der Waals surface area contributed by atoms with E-state index in [1.807, 2.05) is 36.4 Å². The molecule has 0 bridgehead atoms. The van der Waals surface area contributed by atoms with Crippen LogP contribution in [0.25, 0.3) is 0 Å². The minimum Gasteiger partial charge on any atom is -0.497 e. The summed E-state index contributed by atoms with van der Waals surface area (Å²) in [6, 6.07) is 14.5. The molecule has 0 saturated carbocycles. The Kier molecular flexibility index (Phi) is 3.67. The van der Waals surface area contributed by atoms with Crippen molar-refractivity contribution in [2.75, 3.05) is 7.11 Å². The third-order valence-electron chi connectivity index (χ3n) is 2.60. The Morgan fingerprint density at radius 3 is 2.35 bits per heavy atom. The lowest BCUT2D eigenvalue weighted by Gasteiger charge is -2.12. The van der Waals surface area contributed by atoms with E-state index in [1.165, 1.54) is 0 Å². The van der Waals surface area contributed by atoms with Crippen LogP contribution in [0, 0.1) is 0 Å². The van der Waals surface area contributed by atoms with Crippen molar-refractivity contribution in [3.63, 3.8) is 0 Å². The molecule has 17 heavy (non-hydrogen) atoms. The lowest BCUT2D eigenvalue weighted by Crippen LogP contribution is -1.99. The Morgan fingerprint density at radius 1 is 1.06 bits per heavy atom. The minimum atomic E-state index is -0.667. The van der Waals surface area contributed by atoms with Crippen molar-refractivity contribution >= 4 is 11.6 Å². The first kappa shape index (κ1) is 12.0. The molecule has 1 N–H and O–H groups in total. The Labute approximate surface area is 105 Å². The summed E-state index contributed by atoms with van der Waals surface area (Å²) in [6.07, 6.45) is -0.667. The molecule has 2 aromatic rings. The summed E-state index contributed by atoms with van der Waals surface area (Å²) in [7, 11) is 1.61. The van der Waals surface area contributed by atoms with Gasteiger partial charge in [0.15, 0.2) is 0 Å². The Balaban J connectivity index is 2.27. The van der Waals surface area contributed by atoms with Crippen LogP contribution < -0.4 is 4.74 Å². The molecular weight excluding hydrogens is 236 g/mol. The van der Waals surface area contributed by atoms with E-state index in [2.05, 4.69) is 0 Å². The van der Waals surface area contributed by atoms with Crippen molar-refractivity contribution in [2.45, 2.75) is 6.10 Å². The Hall–Kier alpha value is -1.51. The van der Waals surface area contributed by atoms with E-state index in [9.17, 15) is 5.11 Å². The van der Waals surface area contributed by atoms with Crippen LogP contribution in [0.1, 0.15) is 17.2 Å². The largest absolute Gasteiger partial charge is 0.497 e. The number of ether oxygens (including phenoxy) is 1. The molecule has 0 aromatic heterocycles. The highest BCUT2D eigenvalue weighted by Gasteiger charge is 2.10. The maximum atomic E-state index is 10.2. The van der Waals surface area contributed by atoms with Crippen molar-refractivity contribution in [1.82, 2.24) is 0 Å². The fourth-order valence-corrected chi connectivity index (χ4v) is 1.85. The standard InChI is InChI=1S/C14H13ClO2/c1-17-13-7-5-10(6-8-13)14(16)11-3-2-4-12(15)9-11/h2-9,14,16H,1H3. The van der Waals surface area contributed by atoms with Gasteiger partial charge in [0, 0.05) is 5.02 Å². The maximum absolute atomic E-state index is 10.2. The first-order valence-electron chi connectivity index (χ1n) is 5.28. The summed E-state index contributed by atoms with van der Waals surface area (Å²) in [4.78, 5) is 0. The Morgan fingerprint density at radius 2 is 1.76 bits per heavy atom. The van der Waals surface area contributed by atoms with Gasteiger partial charge in [-0.05, 0) is 35.4 Å². The molecule has 0 amide bonds. The lowest BCUT2D eigenvalue weighted by molar-refractivity contribution is 0.220. The molecule has 0 fully saturated rings. The molecule has 88 valence electrons. The lowest BCUT2D eigenvalue weighted by atomic mass is 10.0. The van der Waals surface area contributed by atoms with Gasteiger partial charge < -0.3 is 9.84 Å². The molecule has 1 unspecified atom stereocenters. The highest BCUT2D eigenvalue weighted by atomic mass is 35.5. The topological polar surface area (TPSA) is 29.5 Å². The van der Waals surface area contributed by atoms with Gasteiger partial charge in [0.2, 0.25) is 0 Å².